The van der Waals surface area contributed by atoms with E-state index in [2.05, 4.69) is 6.07 Å². The molecule has 0 saturated carbocycles. The molecule has 1 aromatic carbocycles. The topological polar surface area (TPSA) is 52.3 Å². The van der Waals surface area contributed by atoms with Gasteiger partial charge in [0, 0.05) is 12.3 Å². The van der Waals surface area contributed by atoms with Crippen LogP contribution in [0.15, 0.2) is 24.3 Å². The number of rotatable bonds is 6. The van der Waals surface area contributed by atoms with Crippen LogP contribution in [0.5, 0.6) is 5.75 Å². The van der Waals surface area contributed by atoms with Crippen LogP contribution in [0.25, 0.3) is 0 Å². The van der Waals surface area contributed by atoms with Crippen molar-refractivity contribution in [3.63, 3.8) is 0 Å². The Kier molecular flexibility index (Phi) is 4.97. The molecule has 0 amide bonds. The number of para-hydroxylation sites is 1. The van der Waals surface area contributed by atoms with E-state index in [4.69, 9.17) is 10.5 Å². The third kappa shape index (κ3) is 3.57. The van der Waals surface area contributed by atoms with Crippen molar-refractivity contribution in [2.75, 3.05) is 13.2 Å². The maximum absolute atomic E-state index is 12.2. The molecule has 0 aliphatic carbocycles. The summed E-state index contributed by atoms with van der Waals surface area (Å²) in [5, 5.41) is 0. The summed E-state index contributed by atoms with van der Waals surface area (Å²) in [4.78, 5) is 12.2. The van der Waals surface area contributed by atoms with E-state index in [0.29, 0.717) is 31.3 Å². The average molecular weight is 261 g/mol. The zero-order valence-corrected chi connectivity index (χ0v) is 11.6. The highest BCUT2D eigenvalue weighted by Gasteiger charge is 2.25. The molecule has 19 heavy (non-hydrogen) atoms. The van der Waals surface area contributed by atoms with Gasteiger partial charge in [0.2, 0.25) is 0 Å². The van der Waals surface area contributed by atoms with Gasteiger partial charge in [0.1, 0.15) is 11.5 Å². The van der Waals surface area contributed by atoms with Gasteiger partial charge in [0.15, 0.2) is 0 Å². The summed E-state index contributed by atoms with van der Waals surface area (Å²) in [6, 6.07) is 8.07. The van der Waals surface area contributed by atoms with Crippen LogP contribution in [-0.2, 0) is 4.79 Å². The van der Waals surface area contributed by atoms with Gasteiger partial charge < -0.3 is 10.5 Å². The van der Waals surface area contributed by atoms with Gasteiger partial charge in [-0.3, -0.25) is 4.79 Å². The summed E-state index contributed by atoms with van der Waals surface area (Å²) in [7, 11) is 0. The van der Waals surface area contributed by atoms with Crippen LogP contribution in [0, 0.1) is 5.92 Å². The summed E-state index contributed by atoms with van der Waals surface area (Å²) >= 11 is 0. The van der Waals surface area contributed by atoms with Gasteiger partial charge in [-0.25, -0.2) is 0 Å². The fraction of sp³-hybridized carbons (Fsp3) is 0.562. The largest absolute Gasteiger partial charge is 0.493 e. The predicted molar refractivity (Wildman–Crippen MR) is 76.4 cm³/mol. The molecular weight excluding hydrogens is 238 g/mol. The first-order chi connectivity index (χ1) is 9.22. The fourth-order valence-electron chi connectivity index (χ4n) is 2.66. The Labute approximate surface area is 115 Å². The summed E-state index contributed by atoms with van der Waals surface area (Å²) in [5.74, 6) is 1.74. The fourth-order valence-corrected chi connectivity index (χ4v) is 2.66. The molecule has 2 rings (SSSR count). The lowest BCUT2D eigenvalue weighted by atomic mass is 9.85. The van der Waals surface area contributed by atoms with Crippen molar-refractivity contribution in [3.05, 3.63) is 29.8 Å². The molecule has 2 unspecified atom stereocenters. The van der Waals surface area contributed by atoms with Gasteiger partial charge in [-0.2, -0.15) is 0 Å². The number of ketones is 1. The molecule has 1 heterocycles. The molecule has 0 saturated heterocycles. The van der Waals surface area contributed by atoms with E-state index in [1.807, 2.05) is 25.1 Å². The van der Waals surface area contributed by atoms with Crippen molar-refractivity contribution in [3.8, 4) is 5.75 Å². The Bertz CT molecular complexity index is 431. The first kappa shape index (κ1) is 14.1. The van der Waals surface area contributed by atoms with E-state index >= 15 is 0 Å². The molecule has 0 fully saturated rings. The van der Waals surface area contributed by atoms with Crippen molar-refractivity contribution in [2.24, 2.45) is 11.7 Å². The highest BCUT2D eigenvalue weighted by Crippen LogP contribution is 2.36. The number of ether oxygens (including phenoxy) is 1. The second kappa shape index (κ2) is 6.71. The summed E-state index contributed by atoms with van der Waals surface area (Å²) in [6.07, 6.45) is 3.40. The molecule has 2 atom stereocenters. The van der Waals surface area contributed by atoms with Crippen LogP contribution < -0.4 is 10.5 Å². The Morgan fingerprint density at radius 2 is 2.26 bits per heavy atom. The Morgan fingerprint density at radius 3 is 3.05 bits per heavy atom. The SMILES string of the molecule is CC(CCCN)C(=O)CC1CCOc2ccccc21. The van der Waals surface area contributed by atoms with E-state index < -0.39 is 0 Å². The molecular formula is C16H23NO2. The molecule has 3 nitrogen and oxygen atoms in total. The summed E-state index contributed by atoms with van der Waals surface area (Å²) in [6.45, 7) is 3.40. The number of hydrogen-bond donors (Lipinski definition) is 1. The number of nitrogens with two attached hydrogens (primary N) is 1. The van der Waals surface area contributed by atoms with Gasteiger partial charge in [0.05, 0.1) is 6.61 Å². The third-order valence-electron chi connectivity index (χ3n) is 3.92. The molecule has 0 aromatic heterocycles. The van der Waals surface area contributed by atoms with Gasteiger partial charge in [-0.15, -0.1) is 0 Å². The van der Waals surface area contributed by atoms with E-state index in [1.54, 1.807) is 0 Å². The first-order valence-electron chi connectivity index (χ1n) is 7.17. The predicted octanol–water partition coefficient (Wildman–Crippen LogP) is 2.89. The Morgan fingerprint density at radius 1 is 1.47 bits per heavy atom. The quantitative estimate of drug-likeness (QED) is 0.856. The molecule has 0 bridgehead atoms. The second-order valence-corrected chi connectivity index (χ2v) is 5.37. The van der Waals surface area contributed by atoms with Crippen LogP contribution in [-0.4, -0.2) is 18.9 Å². The highest BCUT2D eigenvalue weighted by molar-refractivity contribution is 5.81. The van der Waals surface area contributed by atoms with Crippen LogP contribution in [0.2, 0.25) is 0 Å². The summed E-state index contributed by atoms with van der Waals surface area (Å²) in [5.41, 5.74) is 6.68. The van der Waals surface area contributed by atoms with E-state index in [9.17, 15) is 4.79 Å². The lowest BCUT2D eigenvalue weighted by molar-refractivity contribution is -0.123. The highest BCUT2D eigenvalue weighted by atomic mass is 16.5. The number of Topliss-reactive ketones (excluding diaryl/α,β-unsaturated/α-hetero) is 1. The average Bonchev–Trinajstić information content (AvgIpc) is 2.45. The minimum atomic E-state index is 0.124. The molecule has 0 spiro atoms. The van der Waals surface area contributed by atoms with Crippen LogP contribution in [0.4, 0.5) is 0 Å². The molecule has 1 aliphatic heterocycles. The zero-order valence-electron chi connectivity index (χ0n) is 11.6. The lowest BCUT2D eigenvalue weighted by Crippen LogP contribution is -2.20. The first-order valence-corrected chi connectivity index (χ1v) is 7.17. The van der Waals surface area contributed by atoms with E-state index in [-0.39, 0.29) is 5.92 Å². The minimum absolute atomic E-state index is 0.124. The second-order valence-electron chi connectivity index (χ2n) is 5.37. The number of carbonyl (C=O) groups is 1. The molecule has 1 aromatic rings. The molecule has 1 aliphatic rings. The van der Waals surface area contributed by atoms with Gasteiger partial charge >= 0.3 is 0 Å². The van der Waals surface area contributed by atoms with Crippen LogP contribution >= 0.6 is 0 Å². The number of benzene rings is 1. The van der Waals surface area contributed by atoms with Crippen molar-refractivity contribution >= 4 is 5.78 Å². The monoisotopic (exact) mass is 261 g/mol. The molecule has 0 radical (unpaired) electrons. The number of fused-ring (bicyclic) bond motifs is 1. The zero-order chi connectivity index (χ0) is 13.7. The van der Waals surface area contributed by atoms with Crippen molar-refractivity contribution in [2.45, 2.75) is 38.5 Å². The Hall–Kier alpha value is -1.35. The lowest BCUT2D eigenvalue weighted by Gasteiger charge is -2.26. The van der Waals surface area contributed by atoms with Crippen LogP contribution in [0.3, 0.4) is 0 Å². The van der Waals surface area contributed by atoms with Crippen molar-refractivity contribution < 1.29 is 9.53 Å². The normalized spacial score (nSPS) is 19.4. The van der Waals surface area contributed by atoms with Gasteiger partial charge in [-0.1, -0.05) is 25.1 Å². The van der Waals surface area contributed by atoms with E-state index in [1.165, 1.54) is 5.56 Å². The minimum Gasteiger partial charge on any atom is -0.493 e. The Balaban J connectivity index is 1.98. The van der Waals surface area contributed by atoms with Crippen LogP contribution in [0.1, 0.15) is 44.1 Å². The molecule has 3 heteroatoms. The van der Waals surface area contributed by atoms with E-state index in [0.717, 1.165) is 25.0 Å². The smallest absolute Gasteiger partial charge is 0.136 e. The maximum Gasteiger partial charge on any atom is 0.136 e. The number of carbonyl (C=O) groups excluding carboxylic acids is 1. The summed E-state index contributed by atoms with van der Waals surface area (Å²) < 4.78 is 5.63. The number of hydrogen-bond acceptors (Lipinski definition) is 3. The van der Waals surface area contributed by atoms with Gasteiger partial charge in [-0.05, 0) is 43.4 Å². The molecule has 2 N–H and O–H groups in total. The van der Waals surface area contributed by atoms with Crippen molar-refractivity contribution in [1.82, 2.24) is 0 Å². The molecule has 104 valence electrons. The standard InChI is InChI=1S/C16H23NO2/c1-12(5-4-9-17)15(18)11-13-8-10-19-16-7-3-2-6-14(13)16/h2-3,6-7,12-13H,4-5,8-11,17H2,1H3. The maximum atomic E-state index is 12.2. The van der Waals surface area contributed by atoms with Crippen molar-refractivity contribution in [1.29, 1.82) is 0 Å². The third-order valence-corrected chi connectivity index (χ3v) is 3.92. The van der Waals surface area contributed by atoms with Gasteiger partial charge in [0.25, 0.3) is 0 Å².